The van der Waals surface area contributed by atoms with Gasteiger partial charge in [-0.15, -0.1) is 0 Å². The van der Waals surface area contributed by atoms with E-state index in [1.54, 1.807) is 12.1 Å². The van der Waals surface area contributed by atoms with Gasteiger partial charge >= 0.3 is 0 Å². The predicted molar refractivity (Wildman–Crippen MR) is 71.6 cm³/mol. The number of benzene rings is 1. The van der Waals surface area contributed by atoms with E-state index in [9.17, 15) is 10.1 Å². The van der Waals surface area contributed by atoms with Gasteiger partial charge in [0.25, 0.3) is 0 Å². The van der Waals surface area contributed by atoms with Gasteiger partial charge in [-0.05, 0) is 25.5 Å². The maximum absolute atomic E-state index is 12.0. The van der Waals surface area contributed by atoms with Crippen LogP contribution in [0.15, 0.2) is 24.3 Å². The molecule has 19 heavy (non-hydrogen) atoms. The molecule has 5 heteroatoms. The predicted octanol–water partition coefficient (Wildman–Crippen LogP) is 0.634. The topological polar surface area (TPSA) is 76.4 Å². The zero-order valence-electron chi connectivity index (χ0n) is 10.8. The Kier molecular flexibility index (Phi) is 4.03. The molecule has 1 aliphatic heterocycles. The molecule has 0 aromatic heterocycles. The molecule has 1 heterocycles. The summed E-state index contributed by atoms with van der Waals surface area (Å²) in [5, 5.41) is 21.2. The molecular weight excluding hydrogens is 242 g/mol. The third-order valence-electron chi connectivity index (χ3n) is 3.27. The fraction of sp³-hybridized carbons (Fsp3) is 0.429. The molecule has 0 spiro atoms. The van der Waals surface area contributed by atoms with Crippen molar-refractivity contribution in [2.45, 2.75) is 25.4 Å². The molecule has 1 amide bonds. The fourth-order valence-corrected chi connectivity index (χ4v) is 2.44. The molecule has 0 radical (unpaired) electrons. The average Bonchev–Trinajstić information content (AvgIpc) is 2.41. The lowest BCUT2D eigenvalue weighted by Gasteiger charge is -2.40. The molecule has 0 saturated carbocycles. The SMILES string of the molecule is CC1CN(c2ccccc2C#N)C(CCO)C(=O)N1. The molecule has 2 atom stereocenters. The molecule has 1 aromatic rings. The summed E-state index contributed by atoms with van der Waals surface area (Å²) in [5.74, 6) is -0.0967. The summed E-state index contributed by atoms with van der Waals surface area (Å²) in [7, 11) is 0. The van der Waals surface area contributed by atoms with Gasteiger partial charge in [-0.1, -0.05) is 12.1 Å². The fourth-order valence-electron chi connectivity index (χ4n) is 2.44. The highest BCUT2D eigenvalue weighted by molar-refractivity contribution is 5.87. The summed E-state index contributed by atoms with van der Waals surface area (Å²) in [4.78, 5) is 13.9. The van der Waals surface area contributed by atoms with Crippen molar-refractivity contribution in [3.05, 3.63) is 29.8 Å². The number of rotatable bonds is 3. The van der Waals surface area contributed by atoms with Crippen molar-refractivity contribution in [2.75, 3.05) is 18.1 Å². The van der Waals surface area contributed by atoms with Gasteiger partial charge < -0.3 is 15.3 Å². The Morgan fingerprint density at radius 3 is 2.95 bits per heavy atom. The number of para-hydroxylation sites is 1. The second kappa shape index (κ2) is 5.72. The molecule has 0 bridgehead atoms. The highest BCUT2D eigenvalue weighted by atomic mass is 16.3. The molecule has 2 rings (SSSR count). The van der Waals surface area contributed by atoms with Crippen molar-refractivity contribution >= 4 is 11.6 Å². The molecular formula is C14H17N3O2. The Balaban J connectivity index is 2.38. The van der Waals surface area contributed by atoms with E-state index in [0.717, 1.165) is 5.69 Å². The zero-order valence-corrected chi connectivity index (χ0v) is 10.8. The summed E-state index contributed by atoms with van der Waals surface area (Å²) in [6.45, 7) is 2.50. The van der Waals surface area contributed by atoms with E-state index in [-0.39, 0.29) is 18.6 Å². The van der Waals surface area contributed by atoms with Crippen LogP contribution >= 0.6 is 0 Å². The standard InChI is InChI=1S/C14H17N3O2/c1-10-9-17(13(6-7-18)14(19)16-10)12-5-3-2-4-11(12)8-15/h2-5,10,13,18H,6-7,9H2,1H3,(H,16,19). The van der Waals surface area contributed by atoms with Crippen molar-refractivity contribution in [2.24, 2.45) is 0 Å². The second-order valence-electron chi connectivity index (χ2n) is 4.72. The van der Waals surface area contributed by atoms with Crippen LogP contribution in [-0.4, -0.2) is 36.2 Å². The van der Waals surface area contributed by atoms with Gasteiger partial charge in [-0.2, -0.15) is 5.26 Å². The highest BCUT2D eigenvalue weighted by Gasteiger charge is 2.33. The average molecular weight is 259 g/mol. The molecule has 2 unspecified atom stereocenters. The van der Waals surface area contributed by atoms with Crippen molar-refractivity contribution in [1.29, 1.82) is 5.26 Å². The van der Waals surface area contributed by atoms with Crippen LogP contribution in [0.25, 0.3) is 0 Å². The van der Waals surface area contributed by atoms with Gasteiger partial charge in [0, 0.05) is 19.2 Å². The minimum absolute atomic E-state index is 0.0224. The molecule has 0 aliphatic carbocycles. The van der Waals surface area contributed by atoms with Crippen LogP contribution in [0.3, 0.4) is 0 Å². The van der Waals surface area contributed by atoms with Crippen LogP contribution in [-0.2, 0) is 4.79 Å². The minimum atomic E-state index is -0.421. The molecule has 2 N–H and O–H groups in total. The third-order valence-corrected chi connectivity index (χ3v) is 3.27. The lowest BCUT2D eigenvalue weighted by atomic mass is 10.0. The van der Waals surface area contributed by atoms with Gasteiger partial charge in [0.15, 0.2) is 0 Å². The number of nitrogens with zero attached hydrogens (tertiary/aromatic N) is 2. The van der Waals surface area contributed by atoms with Crippen molar-refractivity contribution in [1.82, 2.24) is 5.32 Å². The molecule has 5 nitrogen and oxygen atoms in total. The number of amides is 1. The summed E-state index contributed by atoms with van der Waals surface area (Å²) in [5.41, 5.74) is 1.30. The smallest absolute Gasteiger partial charge is 0.243 e. The molecule has 1 saturated heterocycles. The van der Waals surface area contributed by atoms with Crippen LogP contribution in [0.5, 0.6) is 0 Å². The first-order valence-electron chi connectivity index (χ1n) is 6.34. The molecule has 1 aromatic carbocycles. The van der Waals surface area contributed by atoms with Gasteiger partial charge in [0.05, 0.1) is 11.3 Å². The van der Waals surface area contributed by atoms with E-state index in [2.05, 4.69) is 11.4 Å². The number of carbonyl (C=O) groups is 1. The van der Waals surface area contributed by atoms with Crippen molar-refractivity contribution in [3.8, 4) is 6.07 Å². The highest BCUT2D eigenvalue weighted by Crippen LogP contribution is 2.25. The Hall–Kier alpha value is -2.06. The number of anilines is 1. The van der Waals surface area contributed by atoms with Crippen LogP contribution in [0.1, 0.15) is 18.9 Å². The first-order valence-corrected chi connectivity index (χ1v) is 6.34. The van der Waals surface area contributed by atoms with Crippen LogP contribution in [0, 0.1) is 11.3 Å². The lowest BCUT2D eigenvalue weighted by Crippen LogP contribution is -2.59. The second-order valence-corrected chi connectivity index (χ2v) is 4.72. The summed E-state index contributed by atoms with van der Waals surface area (Å²) in [6.07, 6.45) is 0.359. The summed E-state index contributed by atoms with van der Waals surface area (Å²) >= 11 is 0. The number of hydrogen-bond donors (Lipinski definition) is 2. The largest absolute Gasteiger partial charge is 0.396 e. The van der Waals surface area contributed by atoms with Crippen LogP contribution in [0.2, 0.25) is 0 Å². The minimum Gasteiger partial charge on any atom is -0.396 e. The Morgan fingerprint density at radius 2 is 2.26 bits per heavy atom. The van der Waals surface area contributed by atoms with E-state index in [4.69, 9.17) is 5.11 Å². The number of piperazine rings is 1. The Bertz CT molecular complexity index is 510. The van der Waals surface area contributed by atoms with Gasteiger partial charge in [-0.3, -0.25) is 4.79 Å². The number of aliphatic hydroxyl groups is 1. The van der Waals surface area contributed by atoms with Crippen molar-refractivity contribution in [3.63, 3.8) is 0 Å². The molecule has 1 aliphatic rings. The normalized spacial score (nSPS) is 22.8. The van der Waals surface area contributed by atoms with Crippen LogP contribution < -0.4 is 10.2 Å². The van der Waals surface area contributed by atoms with E-state index in [1.807, 2.05) is 24.0 Å². The Labute approximate surface area is 112 Å². The maximum Gasteiger partial charge on any atom is 0.243 e. The quantitative estimate of drug-likeness (QED) is 0.835. The number of nitrogens with one attached hydrogen (secondary N) is 1. The number of carbonyl (C=O) groups excluding carboxylic acids is 1. The lowest BCUT2D eigenvalue weighted by molar-refractivity contribution is -0.124. The Morgan fingerprint density at radius 1 is 1.53 bits per heavy atom. The van der Waals surface area contributed by atoms with E-state index in [0.29, 0.717) is 18.5 Å². The number of nitriles is 1. The van der Waals surface area contributed by atoms with E-state index in [1.165, 1.54) is 0 Å². The summed E-state index contributed by atoms with van der Waals surface area (Å²) < 4.78 is 0. The molecule has 100 valence electrons. The van der Waals surface area contributed by atoms with E-state index >= 15 is 0 Å². The summed E-state index contributed by atoms with van der Waals surface area (Å²) in [6, 6.07) is 8.98. The number of hydrogen-bond acceptors (Lipinski definition) is 4. The number of aliphatic hydroxyl groups excluding tert-OH is 1. The maximum atomic E-state index is 12.0. The van der Waals surface area contributed by atoms with Gasteiger partial charge in [0.2, 0.25) is 5.91 Å². The van der Waals surface area contributed by atoms with Gasteiger partial charge in [-0.25, -0.2) is 0 Å². The van der Waals surface area contributed by atoms with Crippen LogP contribution in [0.4, 0.5) is 5.69 Å². The molecule has 1 fully saturated rings. The van der Waals surface area contributed by atoms with Gasteiger partial charge in [0.1, 0.15) is 12.1 Å². The first kappa shape index (κ1) is 13.4. The monoisotopic (exact) mass is 259 g/mol. The first-order chi connectivity index (χ1) is 9.17. The third kappa shape index (κ3) is 2.69. The zero-order chi connectivity index (χ0) is 13.8. The van der Waals surface area contributed by atoms with E-state index < -0.39 is 6.04 Å². The van der Waals surface area contributed by atoms with Crippen molar-refractivity contribution < 1.29 is 9.90 Å².